The van der Waals surface area contributed by atoms with Crippen LogP contribution in [0.4, 0.5) is 11.5 Å². The van der Waals surface area contributed by atoms with E-state index in [9.17, 15) is 0 Å². The van der Waals surface area contributed by atoms with Crippen LogP contribution in [0.5, 0.6) is 0 Å². The molecule has 0 fully saturated rings. The summed E-state index contributed by atoms with van der Waals surface area (Å²) in [5, 5.41) is 11.5. The minimum absolute atomic E-state index is 0.447. The highest BCUT2D eigenvalue weighted by Gasteiger charge is 2.09. The predicted octanol–water partition coefficient (Wildman–Crippen LogP) is 4.39. The lowest BCUT2D eigenvalue weighted by Crippen LogP contribution is -2.19. The van der Waals surface area contributed by atoms with Gasteiger partial charge in [-0.1, -0.05) is 60.1 Å². The topological polar surface area (TPSA) is 41.9 Å². The van der Waals surface area contributed by atoms with Gasteiger partial charge in [-0.25, -0.2) is 0 Å². The van der Waals surface area contributed by atoms with Gasteiger partial charge < -0.3 is 10.6 Å². The molecule has 0 saturated heterocycles. The monoisotopic (exact) mass is 342 g/mol. The van der Waals surface area contributed by atoms with Crippen molar-refractivity contribution in [3.8, 4) is 0 Å². The fraction of sp³-hybridized carbons (Fsp3) is 0.0588. The number of thiocarbonyl (C=S) groups is 1. The lowest BCUT2D eigenvalue weighted by atomic mass is 10.2. The van der Waals surface area contributed by atoms with E-state index in [4.69, 9.17) is 23.8 Å². The summed E-state index contributed by atoms with van der Waals surface area (Å²) in [6.45, 7) is 0.654. The maximum Gasteiger partial charge on any atom is 0.176 e. The largest absolute Gasteiger partial charge is 0.332 e. The Morgan fingerprint density at radius 3 is 2.35 bits per heavy atom. The molecule has 0 spiro atoms. The fourth-order valence-corrected chi connectivity index (χ4v) is 2.54. The molecule has 0 saturated carbocycles. The first-order valence-corrected chi connectivity index (χ1v) is 7.89. The van der Waals surface area contributed by atoms with Gasteiger partial charge in [0.25, 0.3) is 0 Å². The van der Waals surface area contributed by atoms with E-state index >= 15 is 0 Å². The molecule has 0 bridgehead atoms. The van der Waals surface area contributed by atoms with Crippen molar-refractivity contribution in [3.63, 3.8) is 0 Å². The van der Waals surface area contributed by atoms with Gasteiger partial charge in [-0.15, -0.1) is 0 Å². The van der Waals surface area contributed by atoms with Crippen LogP contribution in [-0.4, -0.2) is 14.9 Å². The zero-order valence-corrected chi connectivity index (χ0v) is 13.8. The number of benzene rings is 2. The molecule has 3 aromatic rings. The Kier molecular flexibility index (Phi) is 4.90. The summed E-state index contributed by atoms with van der Waals surface area (Å²) in [5.74, 6) is 0.538. The second-order valence-corrected chi connectivity index (χ2v) is 5.77. The molecular formula is C17H15ClN4S. The van der Waals surface area contributed by atoms with Crippen molar-refractivity contribution in [2.24, 2.45) is 0 Å². The number of nitrogens with zero attached hydrogens (tertiary/aromatic N) is 2. The van der Waals surface area contributed by atoms with Crippen LogP contribution in [0, 0.1) is 0 Å². The molecule has 2 N–H and O–H groups in total. The summed E-state index contributed by atoms with van der Waals surface area (Å²) in [4.78, 5) is 0. The molecule has 0 radical (unpaired) electrons. The quantitative estimate of drug-likeness (QED) is 0.690. The molecular weight excluding hydrogens is 328 g/mol. The van der Waals surface area contributed by atoms with Crippen LogP contribution in [0.3, 0.4) is 0 Å². The molecule has 6 heteroatoms. The van der Waals surface area contributed by atoms with Crippen LogP contribution in [0.1, 0.15) is 5.56 Å². The Morgan fingerprint density at radius 2 is 1.65 bits per heavy atom. The van der Waals surface area contributed by atoms with Crippen LogP contribution in [0.15, 0.2) is 66.9 Å². The Bertz CT molecular complexity index is 787. The van der Waals surface area contributed by atoms with Gasteiger partial charge in [0.15, 0.2) is 10.9 Å². The normalized spacial score (nSPS) is 10.3. The predicted molar refractivity (Wildman–Crippen MR) is 99.1 cm³/mol. The number of hydrogen-bond acceptors (Lipinski definition) is 2. The highest BCUT2D eigenvalue weighted by Crippen LogP contribution is 2.20. The van der Waals surface area contributed by atoms with Crippen molar-refractivity contribution in [2.75, 3.05) is 10.6 Å². The van der Waals surface area contributed by atoms with Crippen LogP contribution in [0.25, 0.3) is 0 Å². The van der Waals surface area contributed by atoms with Crippen molar-refractivity contribution in [3.05, 3.63) is 77.4 Å². The zero-order chi connectivity index (χ0) is 16.1. The summed E-state index contributed by atoms with van der Waals surface area (Å²) in [6, 6.07) is 19.8. The molecule has 0 amide bonds. The van der Waals surface area contributed by atoms with E-state index in [0.29, 0.717) is 22.5 Å². The van der Waals surface area contributed by atoms with E-state index in [1.807, 2.05) is 60.7 Å². The molecule has 0 atom stereocenters. The molecule has 1 aromatic heterocycles. The minimum atomic E-state index is 0.447. The highest BCUT2D eigenvalue weighted by atomic mass is 35.5. The van der Waals surface area contributed by atoms with E-state index in [2.05, 4.69) is 15.7 Å². The second-order valence-electron chi connectivity index (χ2n) is 4.95. The molecule has 0 unspecified atom stereocenters. The van der Waals surface area contributed by atoms with Gasteiger partial charge in [0.1, 0.15) is 5.02 Å². The van der Waals surface area contributed by atoms with Crippen LogP contribution < -0.4 is 10.6 Å². The number of nitrogens with one attached hydrogen (secondary N) is 2. The molecule has 2 aromatic carbocycles. The van der Waals surface area contributed by atoms with E-state index in [1.54, 1.807) is 10.9 Å². The SMILES string of the molecule is S=C(Nc1ccccc1)Nc1nn(Cc2ccccc2)cc1Cl. The van der Waals surface area contributed by atoms with Gasteiger partial charge in [0.05, 0.1) is 6.54 Å². The zero-order valence-electron chi connectivity index (χ0n) is 12.2. The summed E-state index contributed by atoms with van der Waals surface area (Å²) in [5.41, 5.74) is 2.06. The molecule has 0 aliphatic rings. The van der Waals surface area contributed by atoms with Gasteiger partial charge in [0.2, 0.25) is 0 Å². The molecule has 1 heterocycles. The van der Waals surface area contributed by atoms with E-state index < -0.39 is 0 Å². The molecule has 0 aliphatic heterocycles. The third kappa shape index (κ3) is 4.31. The summed E-state index contributed by atoms with van der Waals surface area (Å²) in [6.07, 6.45) is 1.78. The van der Waals surface area contributed by atoms with E-state index in [-0.39, 0.29) is 0 Å². The van der Waals surface area contributed by atoms with Crippen LogP contribution in [-0.2, 0) is 6.54 Å². The van der Waals surface area contributed by atoms with Gasteiger partial charge in [0, 0.05) is 11.9 Å². The smallest absolute Gasteiger partial charge is 0.176 e. The second kappa shape index (κ2) is 7.26. The van der Waals surface area contributed by atoms with Gasteiger partial charge in [-0.2, -0.15) is 5.10 Å². The average Bonchev–Trinajstić information content (AvgIpc) is 2.88. The number of rotatable bonds is 4. The molecule has 0 aliphatic carbocycles. The summed E-state index contributed by atoms with van der Waals surface area (Å²) >= 11 is 11.5. The van der Waals surface area contributed by atoms with E-state index in [0.717, 1.165) is 11.3 Å². The van der Waals surface area contributed by atoms with Crippen molar-refractivity contribution in [2.45, 2.75) is 6.54 Å². The first-order valence-electron chi connectivity index (χ1n) is 7.10. The Morgan fingerprint density at radius 1 is 1.00 bits per heavy atom. The van der Waals surface area contributed by atoms with Crippen molar-refractivity contribution < 1.29 is 0 Å². The molecule has 116 valence electrons. The summed E-state index contributed by atoms with van der Waals surface area (Å²) in [7, 11) is 0. The number of hydrogen-bond donors (Lipinski definition) is 2. The lowest BCUT2D eigenvalue weighted by Gasteiger charge is -2.08. The Labute approximate surface area is 145 Å². The molecule has 4 nitrogen and oxygen atoms in total. The maximum absolute atomic E-state index is 6.22. The highest BCUT2D eigenvalue weighted by molar-refractivity contribution is 7.80. The first-order chi connectivity index (χ1) is 11.2. The Balaban J connectivity index is 1.65. The van der Waals surface area contributed by atoms with Gasteiger partial charge >= 0.3 is 0 Å². The average molecular weight is 343 g/mol. The van der Waals surface area contributed by atoms with Crippen molar-refractivity contribution in [1.82, 2.24) is 9.78 Å². The van der Waals surface area contributed by atoms with Crippen molar-refractivity contribution >= 4 is 40.4 Å². The van der Waals surface area contributed by atoms with Crippen LogP contribution in [0.2, 0.25) is 5.02 Å². The third-order valence-electron chi connectivity index (χ3n) is 3.17. The summed E-state index contributed by atoms with van der Waals surface area (Å²) < 4.78 is 1.78. The lowest BCUT2D eigenvalue weighted by molar-refractivity contribution is 0.690. The first kappa shape index (κ1) is 15.5. The van der Waals surface area contributed by atoms with Crippen molar-refractivity contribution in [1.29, 1.82) is 0 Å². The molecule has 23 heavy (non-hydrogen) atoms. The maximum atomic E-state index is 6.22. The fourth-order valence-electron chi connectivity index (χ4n) is 2.12. The third-order valence-corrected chi connectivity index (χ3v) is 3.65. The Hall–Kier alpha value is -2.37. The van der Waals surface area contributed by atoms with Crippen LogP contribution >= 0.6 is 23.8 Å². The number of aromatic nitrogens is 2. The van der Waals surface area contributed by atoms with Gasteiger partial charge in [-0.05, 0) is 29.9 Å². The standard InChI is InChI=1S/C17H15ClN4S/c18-15-12-22(11-13-7-3-1-4-8-13)21-16(15)20-17(23)19-14-9-5-2-6-10-14/h1-10,12H,11H2,(H2,19,20,21,23). The van der Waals surface area contributed by atoms with E-state index in [1.165, 1.54) is 0 Å². The number of halogens is 1. The molecule has 3 rings (SSSR count). The number of anilines is 2. The van der Waals surface area contributed by atoms with Gasteiger partial charge in [-0.3, -0.25) is 4.68 Å². The number of para-hydroxylation sites is 1. The minimum Gasteiger partial charge on any atom is -0.332 e.